The number of nitrogens with one attached hydrogen (secondary N) is 2. The fourth-order valence-corrected chi connectivity index (χ4v) is 3.36. The van der Waals surface area contributed by atoms with E-state index < -0.39 is 0 Å². The van der Waals surface area contributed by atoms with Gasteiger partial charge in [-0.05, 0) is 24.5 Å². The molecule has 0 aromatic carbocycles. The van der Waals surface area contributed by atoms with E-state index in [4.69, 9.17) is 0 Å². The van der Waals surface area contributed by atoms with Gasteiger partial charge in [0.2, 0.25) is 5.91 Å². The van der Waals surface area contributed by atoms with E-state index >= 15 is 0 Å². The molecule has 1 aliphatic rings. The van der Waals surface area contributed by atoms with Crippen LogP contribution in [-0.2, 0) is 4.79 Å². The summed E-state index contributed by atoms with van der Waals surface area (Å²) in [6, 6.07) is 5.81. The minimum Gasteiger partial charge on any atom is -0.368 e. The van der Waals surface area contributed by atoms with E-state index in [-0.39, 0.29) is 5.91 Å². The molecular weight excluding hydrogens is 314 g/mol. The molecule has 1 saturated carbocycles. The molecule has 1 aliphatic carbocycles. The van der Waals surface area contributed by atoms with Crippen LogP contribution >= 0.6 is 0 Å². The predicted molar refractivity (Wildman–Crippen MR) is 98.7 cm³/mol. The Bertz CT molecular complexity index is 650. The van der Waals surface area contributed by atoms with Crippen LogP contribution in [0.4, 0.5) is 5.82 Å². The van der Waals surface area contributed by atoms with Crippen molar-refractivity contribution in [2.45, 2.75) is 44.9 Å². The highest BCUT2D eigenvalue weighted by Crippen LogP contribution is 2.27. The Labute approximate surface area is 149 Å². The van der Waals surface area contributed by atoms with Crippen molar-refractivity contribution >= 4 is 11.7 Å². The maximum absolute atomic E-state index is 11.9. The van der Waals surface area contributed by atoms with Crippen LogP contribution in [0.5, 0.6) is 0 Å². The summed E-state index contributed by atoms with van der Waals surface area (Å²) in [4.78, 5) is 20.4. The van der Waals surface area contributed by atoms with Gasteiger partial charge < -0.3 is 15.2 Å². The number of amides is 1. The lowest BCUT2D eigenvalue weighted by Gasteiger charge is -2.21. The van der Waals surface area contributed by atoms with Crippen molar-refractivity contribution in [3.63, 3.8) is 0 Å². The van der Waals surface area contributed by atoms with Crippen LogP contribution < -0.4 is 10.6 Å². The van der Waals surface area contributed by atoms with Gasteiger partial charge in [-0.3, -0.25) is 4.79 Å². The number of anilines is 1. The zero-order chi connectivity index (χ0) is 17.3. The van der Waals surface area contributed by atoms with Gasteiger partial charge in [0.25, 0.3) is 0 Å². The summed E-state index contributed by atoms with van der Waals surface area (Å²) in [6.07, 6.45) is 13.7. The van der Waals surface area contributed by atoms with Crippen molar-refractivity contribution in [1.29, 1.82) is 0 Å². The highest BCUT2D eigenvalue weighted by molar-refractivity contribution is 5.75. The molecule has 1 amide bonds. The van der Waals surface area contributed by atoms with E-state index in [1.54, 1.807) is 6.33 Å². The van der Waals surface area contributed by atoms with Crippen molar-refractivity contribution in [2.24, 2.45) is 5.92 Å². The van der Waals surface area contributed by atoms with Crippen LogP contribution in [0.1, 0.15) is 44.9 Å². The first-order valence-electron chi connectivity index (χ1n) is 9.27. The van der Waals surface area contributed by atoms with Crippen LogP contribution in [0.2, 0.25) is 0 Å². The van der Waals surface area contributed by atoms with E-state index in [2.05, 4.69) is 20.6 Å². The summed E-state index contributed by atoms with van der Waals surface area (Å²) in [7, 11) is 0. The first kappa shape index (κ1) is 17.5. The summed E-state index contributed by atoms with van der Waals surface area (Å²) in [5, 5.41) is 6.21. The molecule has 0 unspecified atom stereocenters. The molecule has 0 spiro atoms. The Kier molecular flexibility index (Phi) is 6.42. The molecule has 1 fully saturated rings. The van der Waals surface area contributed by atoms with Crippen LogP contribution in [0, 0.1) is 5.92 Å². The Morgan fingerprint density at radius 1 is 1.12 bits per heavy atom. The van der Waals surface area contributed by atoms with Crippen LogP contribution in [-0.4, -0.2) is 33.5 Å². The second-order valence-corrected chi connectivity index (χ2v) is 6.67. The highest BCUT2D eigenvalue weighted by atomic mass is 16.1. The number of hydrogen-bond donors (Lipinski definition) is 2. The summed E-state index contributed by atoms with van der Waals surface area (Å²) >= 11 is 0. The second kappa shape index (κ2) is 9.20. The van der Waals surface area contributed by atoms with Gasteiger partial charge in [0.05, 0.1) is 0 Å². The second-order valence-electron chi connectivity index (χ2n) is 6.67. The molecule has 134 valence electrons. The maximum Gasteiger partial charge on any atom is 0.220 e. The Hall–Kier alpha value is -2.37. The third-order valence-electron chi connectivity index (χ3n) is 4.78. The third-order valence-corrected chi connectivity index (χ3v) is 4.78. The molecule has 6 nitrogen and oxygen atoms in total. The van der Waals surface area contributed by atoms with Crippen LogP contribution in [0.3, 0.4) is 0 Å². The molecular formula is C19H27N5O. The van der Waals surface area contributed by atoms with Gasteiger partial charge in [0.1, 0.15) is 18.0 Å². The minimum atomic E-state index is 0.156. The molecule has 2 aromatic heterocycles. The number of hydrogen-bond acceptors (Lipinski definition) is 4. The topological polar surface area (TPSA) is 71.8 Å². The van der Waals surface area contributed by atoms with Crippen molar-refractivity contribution in [1.82, 2.24) is 19.9 Å². The Morgan fingerprint density at radius 2 is 1.92 bits per heavy atom. The van der Waals surface area contributed by atoms with E-state index in [1.165, 1.54) is 32.1 Å². The summed E-state index contributed by atoms with van der Waals surface area (Å²) in [5.74, 6) is 2.49. The zero-order valence-corrected chi connectivity index (χ0v) is 14.7. The first-order chi connectivity index (χ1) is 12.3. The van der Waals surface area contributed by atoms with Gasteiger partial charge in [-0.2, -0.15) is 0 Å². The molecule has 6 heteroatoms. The molecule has 2 N–H and O–H groups in total. The SMILES string of the molecule is O=C(CCC1CCCCC1)NCCNc1cc(-n2cccc2)ncn1. The molecule has 0 saturated heterocycles. The lowest BCUT2D eigenvalue weighted by molar-refractivity contribution is -0.121. The lowest BCUT2D eigenvalue weighted by Crippen LogP contribution is -2.29. The fraction of sp³-hybridized carbons (Fsp3) is 0.526. The summed E-state index contributed by atoms with van der Waals surface area (Å²) < 4.78 is 1.93. The zero-order valence-electron chi connectivity index (χ0n) is 14.7. The number of carbonyl (C=O) groups excluding carboxylic acids is 1. The average molecular weight is 341 g/mol. The number of aromatic nitrogens is 3. The molecule has 0 radical (unpaired) electrons. The first-order valence-corrected chi connectivity index (χ1v) is 9.27. The average Bonchev–Trinajstić information content (AvgIpc) is 3.19. The number of carbonyl (C=O) groups is 1. The fourth-order valence-electron chi connectivity index (χ4n) is 3.36. The molecule has 25 heavy (non-hydrogen) atoms. The molecule has 0 atom stereocenters. The Balaban J connectivity index is 1.34. The van der Waals surface area contributed by atoms with Gasteiger partial charge in [0, 0.05) is 38.0 Å². The maximum atomic E-state index is 11.9. The Morgan fingerprint density at radius 3 is 2.72 bits per heavy atom. The predicted octanol–water partition coefficient (Wildman–Crippen LogP) is 3.16. The quantitative estimate of drug-likeness (QED) is 0.724. The van der Waals surface area contributed by atoms with Gasteiger partial charge >= 0.3 is 0 Å². The molecule has 0 bridgehead atoms. The normalized spacial score (nSPS) is 15.0. The van der Waals surface area contributed by atoms with E-state index in [0.717, 1.165) is 24.0 Å². The monoisotopic (exact) mass is 341 g/mol. The van der Waals surface area contributed by atoms with Crippen molar-refractivity contribution in [2.75, 3.05) is 18.4 Å². The number of nitrogens with zero attached hydrogens (tertiary/aromatic N) is 3. The third kappa shape index (κ3) is 5.59. The van der Waals surface area contributed by atoms with Crippen molar-refractivity contribution in [3.05, 3.63) is 36.9 Å². The van der Waals surface area contributed by atoms with Gasteiger partial charge in [-0.1, -0.05) is 32.1 Å². The highest BCUT2D eigenvalue weighted by Gasteiger charge is 2.14. The van der Waals surface area contributed by atoms with E-state index in [0.29, 0.717) is 19.5 Å². The van der Waals surface area contributed by atoms with Gasteiger partial charge in [-0.25, -0.2) is 9.97 Å². The largest absolute Gasteiger partial charge is 0.368 e. The minimum absolute atomic E-state index is 0.156. The van der Waals surface area contributed by atoms with E-state index in [9.17, 15) is 4.79 Å². The number of rotatable bonds is 8. The standard InChI is InChI=1S/C19H27N5O/c25-19(9-8-16-6-2-1-3-7-16)21-11-10-20-17-14-18(23-15-22-17)24-12-4-5-13-24/h4-5,12-16H,1-3,6-11H2,(H,21,25)(H,20,22,23). The summed E-state index contributed by atoms with van der Waals surface area (Å²) in [6.45, 7) is 1.25. The van der Waals surface area contributed by atoms with Crippen LogP contribution in [0.15, 0.2) is 36.9 Å². The van der Waals surface area contributed by atoms with Gasteiger partial charge in [0.15, 0.2) is 0 Å². The van der Waals surface area contributed by atoms with Gasteiger partial charge in [-0.15, -0.1) is 0 Å². The van der Waals surface area contributed by atoms with Crippen molar-refractivity contribution in [3.8, 4) is 5.82 Å². The smallest absolute Gasteiger partial charge is 0.220 e. The molecule has 2 heterocycles. The van der Waals surface area contributed by atoms with E-state index in [1.807, 2.05) is 35.2 Å². The molecule has 0 aliphatic heterocycles. The van der Waals surface area contributed by atoms with Crippen molar-refractivity contribution < 1.29 is 4.79 Å². The molecule has 2 aromatic rings. The molecule has 3 rings (SSSR count). The lowest BCUT2D eigenvalue weighted by atomic mass is 9.86. The summed E-state index contributed by atoms with van der Waals surface area (Å²) in [5.41, 5.74) is 0. The van der Waals surface area contributed by atoms with Crippen LogP contribution in [0.25, 0.3) is 5.82 Å².